The van der Waals surface area contributed by atoms with Crippen LogP contribution < -0.4 is 15.4 Å². The SMILES string of the molecule is CCC1CCN(c2ccc(N)c(OC(C)C)c2)CC1. The molecule has 0 unspecified atom stereocenters. The average Bonchev–Trinajstić information content (AvgIpc) is 2.41. The summed E-state index contributed by atoms with van der Waals surface area (Å²) in [5, 5.41) is 0. The van der Waals surface area contributed by atoms with Gasteiger partial charge in [0.15, 0.2) is 0 Å². The molecule has 0 amide bonds. The summed E-state index contributed by atoms with van der Waals surface area (Å²) in [5.74, 6) is 1.71. The number of anilines is 2. The molecule has 19 heavy (non-hydrogen) atoms. The van der Waals surface area contributed by atoms with Gasteiger partial charge in [0.25, 0.3) is 0 Å². The molecule has 1 aliphatic heterocycles. The number of piperidine rings is 1. The number of benzene rings is 1. The molecule has 3 heteroatoms. The molecule has 1 fully saturated rings. The normalized spacial score (nSPS) is 16.9. The molecule has 2 N–H and O–H groups in total. The number of ether oxygens (including phenoxy) is 1. The zero-order valence-electron chi connectivity index (χ0n) is 12.4. The lowest BCUT2D eigenvalue weighted by Gasteiger charge is -2.33. The van der Waals surface area contributed by atoms with E-state index in [4.69, 9.17) is 10.5 Å². The van der Waals surface area contributed by atoms with E-state index >= 15 is 0 Å². The minimum absolute atomic E-state index is 0.156. The van der Waals surface area contributed by atoms with Crippen molar-refractivity contribution in [2.75, 3.05) is 23.7 Å². The molecule has 0 aromatic heterocycles. The average molecular weight is 262 g/mol. The van der Waals surface area contributed by atoms with Crippen LogP contribution in [0.15, 0.2) is 18.2 Å². The van der Waals surface area contributed by atoms with Gasteiger partial charge in [-0.25, -0.2) is 0 Å². The maximum Gasteiger partial charge on any atom is 0.144 e. The summed E-state index contributed by atoms with van der Waals surface area (Å²) in [6.45, 7) is 8.63. The van der Waals surface area contributed by atoms with Gasteiger partial charge in [0.1, 0.15) is 5.75 Å². The monoisotopic (exact) mass is 262 g/mol. The largest absolute Gasteiger partial charge is 0.489 e. The fraction of sp³-hybridized carbons (Fsp3) is 0.625. The Bertz CT molecular complexity index is 409. The van der Waals surface area contributed by atoms with Crippen LogP contribution >= 0.6 is 0 Å². The van der Waals surface area contributed by atoms with Crippen LogP contribution in [0.5, 0.6) is 5.75 Å². The summed E-state index contributed by atoms with van der Waals surface area (Å²) in [5.41, 5.74) is 7.93. The summed E-state index contributed by atoms with van der Waals surface area (Å²) in [4.78, 5) is 2.44. The third-order valence-electron chi connectivity index (χ3n) is 3.92. The highest BCUT2D eigenvalue weighted by atomic mass is 16.5. The predicted octanol–water partition coefficient (Wildman–Crippen LogP) is 3.68. The lowest BCUT2D eigenvalue weighted by molar-refractivity contribution is 0.244. The third kappa shape index (κ3) is 3.55. The Morgan fingerprint density at radius 1 is 1.32 bits per heavy atom. The van der Waals surface area contributed by atoms with Crippen molar-refractivity contribution in [3.63, 3.8) is 0 Å². The van der Waals surface area contributed by atoms with E-state index in [2.05, 4.69) is 24.0 Å². The molecule has 0 radical (unpaired) electrons. The van der Waals surface area contributed by atoms with Gasteiger partial charge in [-0.05, 0) is 44.7 Å². The van der Waals surface area contributed by atoms with E-state index in [-0.39, 0.29) is 6.10 Å². The van der Waals surface area contributed by atoms with E-state index in [0.29, 0.717) is 0 Å². The van der Waals surface area contributed by atoms with Crippen LogP contribution in [0.3, 0.4) is 0 Å². The van der Waals surface area contributed by atoms with Gasteiger partial charge >= 0.3 is 0 Å². The molecule has 0 saturated carbocycles. The Hall–Kier alpha value is -1.38. The Kier molecular flexibility index (Phi) is 4.56. The molecule has 0 aliphatic carbocycles. The highest BCUT2D eigenvalue weighted by Gasteiger charge is 2.18. The van der Waals surface area contributed by atoms with Crippen molar-refractivity contribution in [2.24, 2.45) is 5.92 Å². The van der Waals surface area contributed by atoms with E-state index < -0.39 is 0 Å². The zero-order chi connectivity index (χ0) is 13.8. The maximum atomic E-state index is 5.97. The van der Waals surface area contributed by atoms with Gasteiger partial charge in [-0.2, -0.15) is 0 Å². The molecule has 0 atom stereocenters. The smallest absolute Gasteiger partial charge is 0.144 e. The van der Waals surface area contributed by atoms with Crippen LogP contribution in [0.1, 0.15) is 40.0 Å². The molecule has 1 saturated heterocycles. The fourth-order valence-corrected chi connectivity index (χ4v) is 2.68. The van der Waals surface area contributed by atoms with Gasteiger partial charge in [-0.1, -0.05) is 13.3 Å². The van der Waals surface area contributed by atoms with Crippen LogP contribution in [-0.2, 0) is 0 Å². The lowest BCUT2D eigenvalue weighted by atomic mass is 9.94. The van der Waals surface area contributed by atoms with E-state index in [9.17, 15) is 0 Å². The van der Waals surface area contributed by atoms with Gasteiger partial charge < -0.3 is 15.4 Å². The molecule has 2 rings (SSSR count). The Morgan fingerprint density at radius 3 is 2.58 bits per heavy atom. The van der Waals surface area contributed by atoms with Crippen molar-refractivity contribution in [2.45, 2.75) is 46.1 Å². The lowest BCUT2D eigenvalue weighted by Crippen LogP contribution is -2.33. The van der Waals surface area contributed by atoms with Gasteiger partial charge in [-0.3, -0.25) is 0 Å². The van der Waals surface area contributed by atoms with Crippen LogP contribution in [0.2, 0.25) is 0 Å². The van der Waals surface area contributed by atoms with Crippen molar-refractivity contribution in [3.8, 4) is 5.75 Å². The van der Waals surface area contributed by atoms with Crippen molar-refractivity contribution < 1.29 is 4.74 Å². The molecule has 1 aromatic rings. The first-order valence-corrected chi connectivity index (χ1v) is 7.41. The molecular formula is C16H26N2O. The Labute approximate surface area is 116 Å². The number of hydrogen-bond donors (Lipinski definition) is 1. The summed E-state index contributed by atoms with van der Waals surface area (Å²) < 4.78 is 5.77. The molecule has 1 aliphatic rings. The standard InChI is InChI=1S/C16H26N2O/c1-4-13-7-9-18(10-8-13)14-5-6-15(17)16(11-14)19-12(2)3/h5-6,11-13H,4,7-10,17H2,1-3H3. The van der Waals surface area contributed by atoms with Crippen LogP contribution in [0.4, 0.5) is 11.4 Å². The van der Waals surface area contributed by atoms with Crippen LogP contribution in [0.25, 0.3) is 0 Å². The second-order valence-corrected chi connectivity index (χ2v) is 5.73. The van der Waals surface area contributed by atoms with Crippen LogP contribution in [0, 0.1) is 5.92 Å². The molecule has 3 nitrogen and oxygen atoms in total. The number of nitrogen functional groups attached to an aromatic ring is 1. The second kappa shape index (κ2) is 6.18. The van der Waals surface area contributed by atoms with Gasteiger partial charge in [0, 0.05) is 24.8 Å². The van der Waals surface area contributed by atoms with Crippen molar-refractivity contribution >= 4 is 11.4 Å². The summed E-state index contributed by atoms with van der Waals surface area (Å²) >= 11 is 0. The van der Waals surface area contributed by atoms with E-state index in [1.807, 2.05) is 19.9 Å². The molecule has 0 bridgehead atoms. The van der Waals surface area contributed by atoms with E-state index in [1.54, 1.807) is 0 Å². The minimum atomic E-state index is 0.156. The molecule has 1 heterocycles. The van der Waals surface area contributed by atoms with Crippen molar-refractivity contribution in [1.29, 1.82) is 0 Å². The van der Waals surface area contributed by atoms with Crippen molar-refractivity contribution in [3.05, 3.63) is 18.2 Å². The predicted molar refractivity (Wildman–Crippen MR) is 81.8 cm³/mol. The highest BCUT2D eigenvalue weighted by Crippen LogP contribution is 2.31. The molecule has 106 valence electrons. The quantitative estimate of drug-likeness (QED) is 0.841. The maximum absolute atomic E-state index is 5.97. The van der Waals surface area contributed by atoms with Gasteiger partial charge in [-0.15, -0.1) is 0 Å². The van der Waals surface area contributed by atoms with Crippen molar-refractivity contribution in [1.82, 2.24) is 0 Å². The number of hydrogen-bond acceptors (Lipinski definition) is 3. The molecule has 1 aromatic carbocycles. The van der Waals surface area contributed by atoms with E-state index in [1.165, 1.54) is 24.9 Å². The molecule has 0 spiro atoms. The second-order valence-electron chi connectivity index (χ2n) is 5.73. The fourth-order valence-electron chi connectivity index (χ4n) is 2.68. The first-order chi connectivity index (χ1) is 9.10. The van der Waals surface area contributed by atoms with E-state index in [0.717, 1.165) is 30.4 Å². The summed E-state index contributed by atoms with van der Waals surface area (Å²) in [6.07, 6.45) is 4.04. The first kappa shape index (κ1) is 14.0. The summed E-state index contributed by atoms with van der Waals surface area (Å²) in [6, 6.07) is 6.15. The number of nitrogens with zero attached hydrogens (tertiary/aromatic N) is 1. The number of rotatable bonds is 4. The minimum Gasteiger partial charge on any atom is -0.489 e. The Balaban J connectivity index is 2.08. The Morgan fingerprint density at radius 2 is 2.00 bits per heavy atom. The zero-order valence-corrected chi connectivity index (χ0v) is 12.4. The summed E-state index contributed by atoms with van der Waals surface area (Å²) in [7, 11) is 0. The first-order valence-electron chi connectivity index (χ1n) is 7.41. The topological polar surface area (TPSA) is 38.5 Å². The van der Waals surface area contributed by atoms with Gasteiger partial charge in [0.2, 0.25) is 0 Å². The number of nitrogens with two attached hydrogens (primary N) is 1. The third-order valence-corrected chi connectivity index (χ3v) is 3.92. The van der Waals surface area contributed by atoms with Crippen LogP contribution in [-0.4, -0.2) is 19.2 Å². The molecular weight excluding hydrogens is 236 g/mol. The highest BCUT2D eigenvalue weighted by molar-refractivity contribution is 5.62. The van der Waals surface area contributed by atoms with Gasteiger partial charge in [0.05, 0.1) is 11.8 Å².